The van der Waals surface area contributed by atoms with Crippen molar-refractivity contribution in [2.24, 2.45) is 0 Å². The second kappa shape index (κ2) is 17.9. The van der Waals surface area contributed by atoms with Crippen LogP contribution in [-0.2, 0) is 28.0 Å². The third kappa shape index (κ3) is 10.7. The van der Waals surface area contributed by atoms with Crippen LogP contribution in [0.2, 0.25) is 0 Å². The zero-order valence-corrected chi connectivity index (χ0v) is 16.3. The fourth-order valence-electron chi connectivity index (χ4n) is 1.34. The van der Waals surface area contributed by atoms with E-state index in [0.717, 1.165) is 0 Å². The molecule has 15 heteroatoms. The van der Waals surface area contributed by atoms with Crippen molar-refractivity contribution >= 4 is 46.3 Å². The van der Waals surface area contributed by atoms with E-state index in [1.807, 2.05) is 12.1 Å². The van der Waals surface area contributed by atoms with Gasteiger partial charge >= 0.3 is 28.6 Å². The zero-order valence-electron chi connectivity index (χ0n) is 13.4. The Morgan fingerprint density at radius 3 is 1.41 bits per heavy atom. The van der Waals surface area contributed by atoms with Gasteiger partial charge in [0, 0.05) is 12.1 Å². The Balaban J connectivity index is -0.000000307. The van der Waals surface area contributed by atoms with Crippen LogP contribution in [0.3, 0.4) is 0 Å². The Labute approximate surface area is 173 Å². The monoisotopic (exact) mass is 449 g/mol. The summed E-state index contributed by atoms with van der Waals surface area (Å²) in [5.41, 5.74) is 0. The third-order valence-corrected chi connectivity index (χ3v) is 2.11. The molecule has 0 fully saturated rings. The summed E-state index contributed by atoms with van der Waals surface area (Å²) >= 11 is 7.40. The summed E-state index contributed by atoms with van der Waals surface area (Å²) in [6.07, 6.45) is 9.92. The molecule has 1 radical (unpaired) electrons. The van der Waals surface area contributed by atoms with Crippen LogP contribution in [0.15, 0.2) is 49.6 Å². The maximum absolute atomic E-state index is 7.13. The van der Waals surface area contributed by atoms with E-state index in [2.05, 4.69) is 54.6 Å². The molecule has 0 aliphatic rings. The molecule has 6 N–H and O–H groups in total. The molecule has 141 valence electrons. The number of hydrogen-bond acceptors (Lipinski definition) is 6. The van der Waals surface area contributed by atoms with E-state index in [9.17, 15) is 0 Å². The average Bonchev–Trinajstić information content (AvgIpc) is 3.26. The van der Waals surface area contributed by atoms with Gasteiger partial charge in [-0.05, 0) is 0 Å². The summed E-state index contributed by atoms with van der Waals surface area (Å²) in [5, 5.41) is 24.7. The van der Waals surface area contributed by atoms with Crippen molar-refractivity contribution in [3.8, 4) is 0 Å². The number of rotatable bonds is 0. The number of isothiocyanates is 2. The van der Waals surface area contributed by atoms with Gasteiger partial charge in [-0.15, -0.1) is 0 Å². The Kier molecular flexibility index (Phi) is 19.2. The van der Waals surface area contributed by atoms with Crippen LogP contribution in [0, 0.1) is 0 Å². The van der Waals surface area contributed by atoms with Gasteiger partial charge in [0.15, 0.2) is 0 Å². The predicted molar refractivity (Wildman–Crippen MR) is 98.7 cm³/mol. The number of aromatic nitrogens is 8. The van der Waals surface area contributed by atoms with Crippen molar-refractivity contribution in [2.75, 3.05) is 0 Å². The number of fused-ring (bicyclic) bond motifs is 2. The maximum Gasteiger partial charge on any atom is 2.00 e. The van der Waals surface area contributed by atoms with Gasteiger partial charge in [0.05, 0.1) is 12.4 Å². The van der Waals surface area contributed by atoms with Crippen LogP contribution >= 0.6 is 24.4 Å². The Hall–Kier alpha value is -2.86. The van der Waals surface area contributed by atoms with Crippen molar-refractivity contribution in [2.45, 2.75) is 0 Å². The molecule has 0 amide bonds. The quantitative estimate of drug-likeness (QED) is 0.0947. The van der Waals surface area contributed by atoms with Gasteiger partial charge in [-0.25, -0.2) is 0 Å². The third-order valence-electron chi connectivity index (χ3n) is 2.11. The predicted octanol–water partition coefficient (Wildman–Crippen LogP) is -2.18. The normalized spacial score (nSPS) is 7.41. The maximum atomic E-state index is 7.13. The molecule has 27 heavy (non-hydrogen) atoms. The number of hydrogen-bond donors (Lipinski definition) is 0. The minimum atomic E-state index is 0. The van der Waals surface area contributed by atoms with Crippen LogP contribution in [0.4, 0.5) is 0 Å². The summed E-state index contributed by atoms with van der Waals surface area (Å²) in [7, 11) is 0. The molecule has 0 aliphatic heterocycles. The van der Waals surface area contributed by atoms with E-state index in [4.69, 9.17) is 10.8 Å². The molecule has 0 spiro atoms. The summed E-state index contributed by atoms with van der Waals surface area (Å²) < 4.78 is 3.22. The smallest absolute Gasteiger partial charge is 0.753 e. The Morgan fingerprint density at radius 2 is 1.11 bits per heavy atom. The Bertz CT molecular complexity index is 813. The first-order valence-corrected chi connectivity index (χ1v) is 6.81. The van der Waals surface area contributed by atoms with Gasteiger partial charge < -0.3 is 21.8 Å². The van der Waals surface area contributed by atoms with Crippen LogP contribution in [0.25, 0.3) is 22.4 Å². The van der Waals surface area contributed by atoms with Crippen molar-refractivity contribution in [1.82, 2.24) is 30.1 Å². The van der Waals surface area contributed by atoms with Crippen LogP contribution < -0.4 is 19.2 Å². The van der Waals surface area contributed by atoms with Gasteiger partial charge in [0.1, 0.15) is 25.0 Å². The fraction of sp³-hybridized carbons (Fsp3) is 0. The molecule has 0 aromatic carbocycles. The summed E-state index contributed by atoms with van der Waals surface area (Å²) in [4.78, 5) is 15.6. The second-order valence-corrected chi connectivity index (χ2v) is 3.80. The van der Waals surface area contributed by atoms with E-state index in [-0.39, 0.29) is 28.0 Å². The first kappa shape index (κ1) is 28.9. The molecular formula is C12H14MnN10O2S2+2. The first-order valence-electron chi connectivity index (χ1n) is 6.00. The Morgan fingerprint density at radius 1 is 0.778 bits per heavy atom. The van der Waals surface area contributed by atoms with E-state index in [1.54, 1.807) is 33.8 Å². The zero-order chi connectivity index (χ0) is 17.6. The van der Waals surface area contributed by atoms with E-state index in [0.29, 0.717) is 11.6 Å². The van der Waals surface area contributed by atoms with Gasteiger partial charge in [-0.3, -0.25) is 10.2 Å². The minimum Gasteiger partial charge on any atom is -0.753 e. The van der Waals surface area contributed by atoms with E-state index < -0.39 is 0 Å². The van der Waals surface area contributed by atoms with Gasteiger partial charge in [-0.1, -0.05) is 44.4 Å². The molecule has 0 aliphatic carbocycles. The second-order valence-electron chi connectivity index (χ2n) is 3.43. The average molecular weight is 449 g/mol. The van der Waals surface area contributed by atoms with Crippen molar-refractivity contribution in [3.63, 3.8) is 0 Å². The molecule has 4 rings (SSSR count). The van der Waals surface area contributed by atoms with Crippen molar-refractivity contribution in [3.05, 3.63) is 60.4 Å². The molecule has 0 saturated heterocycles. The van der Waals surface area contributed by atoms with Crippen LogP contribution in [0.1, 0.15) is 0 Å². The molecule has 0 unspecified atom stereocenters. The fourth-order valence-corrected chi connectivity index (χ4v) is 1.34. The van der Waals surface area contributed by atoms with Gasteiger partial charge in [0.25, 0.3) is 0 Å². The van der Waals surface area contributed by atoms with Crippen LogP contribution in [-0.4, -0.2) is 30.3 Å². The standard InChI is InChI=1S/2C5H4N4.2CNS.Mn.2H2O/c2*1-2-6-5-7-4-8-9(5)3-1;2*2-1-3;;;/h2*1-4H;;;;2*1H2/q;;2*-1;+2;;/p+2. The molecule has 0 atom stereocenters. The molecule has 12 nitrogen and oxygen atoms in total. The molecule has 4 heterocycles. The molecule has 0 bridgehead atoms. The molecule has 4 aromatic rings. The largest absolute Gasteiger partial charge is 2.00 e. The first-order chi connectivity index (χ1) is 11.8. The minimum absolute atomic E-state index is 0. The van der Waals surface area contributed by atoms with Gasteiger partial charge in [0.2, 0.25) is 0 Å². The molecule has 0 saturated carbocycles. The number of thiocarbonyl (C=S) groups is 2. The molecular weight excluding hydrogens is 435 g/mol. The van der Waals surface area contributed by atoms with Gasteiger partial charge in [-0.2, -0.15) is 19.4 Å². The summed E-state index contributed by atoms with van der Waals surface area (Å²) in [5.74, 6) is 1.27. The van der Waals surface area contributed by atoms with Crippen molar-refractivity contribution in [1.29, 1.82) is 0 Å². The summed E-state index contributed by atoms with van der Waals surface area (Å²) in [6.45, 7) is 0. The molecule has 4 aromatic heterocycles. The van der Waals surface area contributed by atoms with Crippen LogP contribution in [0.5, 0.6) is 0 Å². The van der Waals surface area contributed by atoms with Crippen molar-refractivity contribution < 1.29 is 37.1 Å². The summed E-state index contributed by atoms with van der Waals surface area (Å²) in [6, 6.07) is 3.61. The SMILES string of the molecule is [Mn+2].[N-]=C=S.[N-]=C=S.[OH3+].[OH3+].c1cnc2nc[n-][n+]2c1.c1cnc2nc[n-][n+]2c1. The topological polar surface area (TPSA) is 199 Å². The number of nitrogens with zero attached hydrogens (tertiary/aromatic N) is 10. The van der Waals surface area contributed by atoms with E-state index >= 15 is 0 Å². The van der Waals surface area contributed by atoms with E-state index in [1.165, 1.54) is 23.0 Å².